The lowest BCUT2D eigenvalue weighted by Crippen LogP contribution is -2.02. The summed E-state index contributed by atoms with van der Waals surface area (Å²) >= 11 is 0. The number of aromatic nitrogens is 2. The highest BCUT2D eigenvalue weighted by Gasteiger charge is 2.30. The Kier molecular flexibility index (Phi) is 4.20. The monoisotopic (exact) mass is 332 g/mol. The average Bonchev–Trinajstić information content (AvgIpc) is 3.41. The standard InChI is InChI=1S/C21H20N2O2/c24-13-12-23-11-10-20(22-23)19-3-1-2-18(14-19)15-4-6-16(7-5-15)21(25)17-8-9-17/h1-7,10-11,14,17,24H,8-9,12-13H2. The maximum Gasteiger partial charge on any atom is 0.165 e. The van der Waals surface area contributed by atoms with Crippen molar-refractivity contribution in [3.63, 3.8) is 0 Å². The van der Waals surface area contributed by atoms with Gasteiger partial charge in [0.1, 0.15) is 0 Å². The number of aliphatic hydroxyl groups excluding tert-OH is 1. The molecule has 4 rings (SSSR count). The van der Waals surface area contributed by atoms with Crippen molar-refractivity contribution < 1.29 is 9.90 Å². The third-order valence-electron chi connectivity index (χ3n) is 4.58. The van der Waals surface area contributed by atoms with Crippen LogP contribution in [0.2, 0.25) is 0 Å². The van der Waals surface area contributed by atoms with Crippen molar-refractivity contribution in [1.82, 2.24) is 9.78 Å². The fraction of sp³-hybridized carbons (Fsp3) is 0.238. The summed E-state index contributed by atoms with van der Waals surface area (Å²) in [7, 11) is 0. The zero-order chi connectivity index (χ0) is 17.2. The number of rotatable bonds is 6. The zero-order valence-electron chi connectivity index (χ0n) is 13.9. The Labute approximate surface area is 146 Å². The summed E-state index contributed by atoms with van der Waals surface area (Å²) in [6.07, 6.45) is 3.94. The van der Waals surface area contributed by atoms with E-state index in [1.54, 1.807) is 4.68 Å². The van der Waals surface area contributed by atoms with Gasteiger partial charge in [0.15, 0.2) is 5.78 Å². The summed E-state index contributed by atoms with van der Waals surface area (Å²) in [6.45, 7) is 0.573. The lowest BCUT2D eigenvalue weighted by atomic mass is 9.99. The molecule has 0 unspecified atom stereocenters. The smallest absolute Gasteiger partial charge is 0.165 e. The molecular weight excluding hydrogens is 312 g/mol. The highest BCUT2D eigenvalue weighted by atomic mass is 16.3. The molecule has 0 saturated heterocycles. The van der Waals surface area contributed by atoms with E-state index in [2.05, 4.69) is 17.2 Å². The molecule has 0 amide bonds. The third kappa shape index (κ3) is 3.39. The summed E-state index contributed by atoms with van der Waals surface area (Å²) in [5.41, 5.74) is 4.91. The van der Waals surface area contributed by atoms with Gasteiger partial charge in [-0.15, -0.1) is 0 Å². The minimum Gasteiger partial charge on any atom is -0.394 e. The van der Waals surface area contributed by atoms with Crippen molar-refractivity contribution in [3.8, 4) is 22.4 Å². The molecular formula is C21H20N2O2. The molecule has 0 aliphatic heterocycles. The molecule has 1 heterocycles. The van der Waals surface area contributed by atoms with E-state index in [4.69, 9.17) is 5.11 Å². The van der Waals surface area contributed by atoms with E-state index in [0.717, 1.165) is 40.8 Å². The third-order valence-corrected chi connectivity index (χ3v) is 4.58. The predicted molar refractivity (Wildman–Crippen MR) is 97.2 cm³/mol. The summed E-state index contributed by atoms with van der Waals surface area (Å²) < 4.78 is 1.74. The van der Waals surface area contributed by atoms with Gasteiger partial charge in [-0.1, -0.05) is 42.5 Å². The summed E-state index contributed by atoms with van der Waals surface area (Å²) in [5.74, 6) is 0.526. The van der Waals surface area contributed by atoms with Crippen LogP contribution in [0.1, 0.15) is 23.2 Å². The number of hydrogen-bond donors (Lipinski definition) is 1. The molecule has 1 aliphatic rings. The topological polar surface area (TPSA) is 55.1 Å². The average molecular weight is 332 g/mol. The van der Waals surface area contributed by atoms with Gasteiger partial charge in [-0.2, -0.15) is 5.10 Å². The first-order valence-corrected chi connectivity index (χ1v) is 8.64. The Hall–Kier alpha value is -2.72. The molecule has 4 nitrogen and oxygen atoms in total. The van der Waals surface area contributed by atoms with Gasteiger partial charge in [0.2, 0.25) is 0 Å². The largest absolute Gasteiger partial charge is 0.394 e. The molecule has 1 saturated carbocycles. The first-order valence-electron chi connectivity index (χ1n) is 8.64. The number of Topliss-reactive ketones (excluding diaryl/α,β-unsaturated/α-hetero) is 1. The lowest BCUT2D eigenvalue weighted by molar-refractivity contribution is 0.0967. The maximum atomic E-state index is 12.1. The quantitative estimate of drug-likeness (QED) is 0.699. The van der Waals surface area contributed by atoms with Gasteiger partial charge in [-0.3, -0.25) is 9.48 Å². The molecule has 0 bridgehead atoms. The van der Waals surface area contributed by atoms with Gasteiger partial charge in [0, 0.05) is 23.2 Å². The number of hydrogen-bond acceptors (Lipinski definition) is 3. The zero-order valence-corrected chi connectivity index (χ0v) is 13.9. The van der Waals surface area contributed by atoms with Gasteiger partial charge < -0.3 is 5.11 Å². The number of aliphatic hydroxyl groups is 1. The first-order chi connectivity index (χ1) is 12.2. The molecule has 1 fully saturated rings. The van der Waals surface area contributed by atoms with Crippen molar-refractivity contribution in [2.75, 3.05) is 6.61 Å². The van der Waals surface area contributed by atoms with Crippen LogP contribution in [0.15, 0.2) is 60.8 Å². The molecule has 0 radical (unpaired) electrons. The Balaban J connectivity index is 1.59. The van der Waals surface area contributed by atoms with Crippen LogP contribution in [0.4, 0.5) is 0 Å². The number of carbonyl (C=O) groups is 1. The molecule has 4 heteroatoms. The minimum absolute atomic E-state index is 0.0765. The van der Waals surface area contributed by atoms with Gasteiger partial charge in [-0.25, -0.2) is 0 Å². The van der Waals surface area contributed by atoms with E-state index in [-0.39, 0.29) is 18.3 Å². The van der Waals surface area contributed by atoms with Crippen LogP contribution < -0.4 is 0 Å². The Morgan fingerprint density at radius 2 is 1.80 bits per heavy atom. The number of ketones is 1. The second-order valence-corrected chi connectivity index (χ2v) is 6.48. The number of nitrogens with zero attached hydrogens (tertiary/aromatic N) is 2. The van der Waals surface area contributed by atoms with E-state index in [0.29, 0.717) is 6.54 Å². The van der Waals surface area contributed by atoms with Crippen LogP contribution in [0.5, 0.6) is 0 Å². The molecule has 1 aliphatic carbocycles. The van der Waals surface area contributed by atoms with Gasteiger partial charge in [0.25, 0.3) is 0 Å². The van der Waals surface area contributed by atoms with Crippen molar-refractivity contribution in [2.45, 2.75) is 19.4 Å². The summed E-state index contributed by atoms with van der Waals surface area (Å²) in [4.78, 5) is 12.1. The minimum atomic E-state index is 0.0765. The van der Waals surface area contributed by atoms with E-state index < -0.39 is 0 Å². The van der Waals surface area contributed by atoms with Crippen LogP contribution in [-0.4, -0.2) is 27.3 Å². The van der Waals surface area contributed by atoms with E-state index >= 15 is 0 Å². The predicted octanol–water partition coefficient (Wildman–Crippen LogP) is 3.80. The van der Waals surface area contributed by atoms with Gasteiger partial charge in [-0.05, 0) is 36.1 Å². The highest BCUT2D eigenvalue weighted by Crippen LogP contribution is 2.33. The first kappa shape index (κ1) is 15.8. The Morgan fingerprint density at radius 3 is 2.52 bits per heavy atom. The van der Waals surface area contributed by atoms with Crippen molar-refractivity contribution in [2.24, 2.45) is 5.92 Å². The molecule has 0 atom stereocenters. The normalized spacial score (nSPS) is 13.8. The van der Waals surface area contributed by atoms with Crippen LogP contribution >= 0.6 is 0 Å². The molecule has 1 aromatic heterocycles. The fourth-order valence-corrected chi connectivity index (χ4v) is 3.01. The summed E-state index contributed by atoms with van der Waals surface area (Å²) in [6, 6.07) is 18.0. The van der Waals surface area contributed by atoms with Crippen molar-refractivity contribution >= 4 is 5.78 Å². The van der Waals surface area contributed by atoms with E-state index in [9.17, 15) is 4.79 Å². The molecule has 3 aromatic rings. The number of benzene rings is 2. The molecule has 126 valence electrons. The molecule has 2 aromatic carbocycles. The van der Waals surface area contributed by atoms with Crippen LogP contribution in [-0.2, 0) is 6.54 Å². The van der Waals surface area contributed by atoms with Crippen LogP contribution in [0.25, 0.3) is 22.4 Å². The fourth-order valence-electron chi connectivity index (χ4n) is 3.01. The van der Waals surface area contributed by atoms with Gasteiger partial charge >= 0.3 is 0 Å². The Bertz CT molecular complexity index is 892. The van der Waals surface area contributed by atoms with E-state index in [1.807, 2.05) is 48.7 Å². The number of carbonyl (C=O) groups excluding carboxylic acids is 1. The molecule has 1 N–H and O–H groups in total. The molecule has 0 spiro atoms. The van der Waals surface area contributed by atoms with Crippen LogP contribution in [0, 0.1) is 5.92 Å². The van der Waals surface area contributed by atoms with Gasteiger partial charge in [0.05, 0.1) is 18.8 Å². The summed E-state index contributed by atoms with van der Waals surface area (Å²) in [5, 5.41) is 13.5. The lowest BCUT2D eigenvalue weighted by Gasteiger charge is -2.06. The Morgan fingerprint density at radius 1 is 1.04 bits per heavy atom. The van der Waals surface area contributed by atoms with Crippen LogP contribution in [0.3, 0.4) is 0 Å². The SMILES string of the molecule is O=C(c1ccc(-c2cccc(-c3ccn(CCO)n3)c2)cc1)C1CC1. The second-order valence-electron chi connectivity index (χ2n) is 6.48. The highest BCUT2D eigenvalue weighted by molar-refractivity contribution is 5.99. The maximum absolute atomic E-state index is 12.1. The second kappa shape index (κ2) is 6.65. The molecule has 25 heavy (non-hydrogen) atoms. The van der Waals surface area contributed by atoms with E-state index in [1.165, 1.54) is 0 Å². The van der Waals surface area contributed by atoms with Crippen molar-refractivity contribution in [1.29, 1.82) is 0 Å². The van der Waals surface area contributed by atoms with Crippen molar-refractivity contribution in [3.05, 3.63) is 66.4 Å².